The van der Waals surface area contributed by atoms with Gasteiger partial charge >= 0.3 is 0 Å². The van der Waals surface area contributed by atoms with E-state index in [1.54, 1.807) is 11.8 Å². The van der Waals surface area contributed by atoms with E-state index in [0.29, 0.717) is 6.54 Å². The minimum Gasteiger partial charge on any atom is -1.00 e. The fraction of sp³-hybridized carbons (Fsp3) is 0.586. The Balaban J connectivity index is 0.00000578. The second-order valence-corrected chi connectivity index (χ2v) is 9.21. The van der Waals surface area contributed by atoms with Crippen molar-refractivity contribution in [2.24, 2.45) is 7.05 Å². The van der Waals surface area contributed by atoms with Crippen molar-refractivity contribution >= 4 is 11.6 Å². The van der Waals surface area contributed by atoms with Crippen LogP contribution in [0.25, 0.3) is 0 Å². The fourth-order valence-electron chi connectivity index (χ4n) is 4.17. The van der Waals surface area contributed by atoms with Crippen molar-refractivity contribution in [1.29, 1.82) is 0 Å². The maximum Gasteiger partial charge on any atom is 0.224 e. The topological polar surface area (TPSA) is 33.4 Å². The van der Waals surface area contributed by atoms with Crippen molar-refractivity contribution < 1.29 is 38.1 Å². The van der Waals surface area contributed by atoms with Crippen molar-refractivity contribution in [1.82, 2.24) is 0 Å². The molecule has 0 spiro atoms. The number of ether oxygens (including phenoxy) is 1. The highest BCUT2D eigenvalue weighted by Crippen LogP contribution is 2.22. The van der Waals surface area contributed by atoms with Crippen LogP contribution in [0, 0.1) is 0 Å². The number of carbonyl (C=O) groups excluding carboxylic acids is 1. The molecule has 0 aliphatic rings. The van der Waals surface area contributed by atoms with E-state index in [2.05, 4.69) is 6.92 Å². The van der Waals surface area contributed by atoms with Crippen molar-refractivity contribution in [2.75, 3.05) is 11.5 Å². The predicted octanol–water partition coefficient (Wildman–Crippen LogP) is 4.15. The summed E-state index contributed by atoms with van der Waals surface area (Å²) < 4.78 is 7.92. The van der Waals surface area contributed by atoms with Gasteiger partial charge < -0.3 is 33.6 Å². The molecule has 0 unspecified atom stereocenters. The molecule has 0 bridgehead atoms. The van der Waals surface area contributed by atoms with E-state index >= 15 is 0 Å². The second kappa shape index (κ2) is 18.7. The number of nitrogens with zero attached hydrogens (tertiary/aromatic N) is 2. The van der Waals surface area contributed by atoms with Gasteiger partial charge in [0.25, 0.3) is 0 Å². The summed E-state index contributed by atoms with van der Waals surface area (Å²) in [7, 11) is 1.99. The van der Waals surface area contributed by atoms with Crippen LogP contribution in [-0.2, 0) is 18.4 Å². The van der Waals surface area contributed by atoms with Crippen molar-refractivity contribution in [3.05, 3.63) is 54.4 Å². The molecule has 0 fully saturated rings. The first-order chi connectivity index (χ1) is 16.1. The fourth-order valence-corrected chi connectivity index (χ4v) is 4.17. The number of aryl methyl sites for hydroxylation is 1. The maximum atomic E-state index is 12.2. The first kappa shape index (κ1) is 30.4. The molecule has 0 aliphatic carbocycles. The van der Waals surface area contributed by atoms with E-state index in [9.17, 15) is 4.79 Å². The summed E-state index contributed by atoms with van der Waals surface area (Å²) in [6, 6.07) is 11.9. The van der Waals surface area contributed by atoms with Crippen molar-refractivity contribution in [3.63, 3.8) is 0 Å². The monoisotopic (exact) mass is 580 g/mol. The Morgan fingerprint density at radius 1 is 0.853 bits per heavy atom. The molecule has 2 aromatic rings. The van der Waals surface area contributed by atoms with Crippen LogP contribution in [0.1, 0.15) is 96.5 Å². The summed E-state index contributed by atoms with van der Waals surface area (Å²) >= 11 is 0. The third kappa shape index (κ3) is 12.7. The van der Waals surface area contributed by atoms with Gasteiger partial charge in [0.05, 0.1) is 13.2 Å². The molecule has 0 saturated carbocycles. The summed E-state index contributed by atoms with van der Waals surface area (Å²) in [6.45, 7) is 5.20. The van der Waals surface area contributed by atoms with Gasteiger partial charge in [0.2, 0.25) is 5.91 Å². The number of amides is 1. The molecule has 0 atom stereocenters. The Bertz CT molecular complexity index is 795. The summed E-state index contributed by atoms with van der Waals surface area (Å²) in [6.07, 6.45) is 20.2. The van der Waals surface area contributed by atoms with E-state index in [1.807, 2.05) is 60.4 Å². The highest BCUT2D eigenvalue weighted by atomic mass is 127. The molecular formula is C29H45IN2O2. The molecule has 4 nitrogen and oxygen atoms in total. The Morgan fingerprint density at radius 2 is 1.41 bits per heavy atom. The lowest BCUT2D eigenvalue weighted by atomic mass is 10.1. The van der Waals surface area contributed by atoms with Gasteiger partial charge in [0, 0.05) is 24.2 Å². The summed E-state index contributed by atoms with van der Waals surface area (Å²) in [5, 5.41) is 0. The summed E-state index contributed by atoms with van der Waals surface area (Å²) in [5.74, 6) is 0.906. The average molecular weight is 581 g/mol. The lowest BCUT2D eigenvalue weighted by molar-refractivity contribution is -0.671. The molecule has 34 heavy (non-hydrogen) atoms. The standard InChI is InChI=1S/C29H45N2O2.HI/c1-4-5-6-7-8-9-10-11-12-13-14-15-23-33-29-20-18-28(19-21-29)31(26(2)32)25-27-17-16-22-30(3)24-27;/h16-22,24H,4-15,23,25H2,1-3H3;1H/q+1;/p-1. The highest BCUT2D eigenvalue weighted by Gasteiger charge is 2.13. The van der Waals surface area contributed by atoms with E-state index in [-0.39, 0.29) is 29.9 Å². The molecule has 1 heterocycles. The predicted molar refractivity (Wildman–Crippen MR) is 137 cm³/mol. The molecule has 1 aromatic carbocycles. The third-order valence-electron chi connectivity index (χ3n) is 6.14. The molecule has 1 aromatic heterocycles. The number of unbranched alkanes of at least 4 members (excludes halogenated alkanes) is 11. The van der Waals surface area contributed by atoms with Gasteiger partial charge in [0.15, 0.2) is 12.4 Å². The first-order valence-corrected chi connectivity index (χ1v) is 13.1. The minimum absolute atomic E-state index is 0. The Labute approximate surface area is 225 Å². The minimum atomic E-state index is 0. The second-order valence-electron chi connectivity index (χ2n) is 9.21. The molecule has 5 heteroatoms. The van der Waals surface area contributed by atoms with Gasteiger partial charge in [-0.15, -0.1) is 0 Å². The number of hydrogen-bond donors (Lipinski definition) is 0. The van der Waals surface area contributed by atoms with Gasteiger partial charge in [-0.3, -0.25) is 4.79 Å². The van der Waals surface area contributed by atoms with Gasteiger partial charge in [-0.2, -0.15) is 0 Å². The zero-order chi connectivity index (χ0) is 23.7. The number of benzene rings is 1. The van der Waals surface area contributed by atoms with Crippen LogP contribution >= 0.6 is 0 Å². The Morgan fingerprint density at radius 3 is 1.94 bits per heavy atom. The molecule has 0 radical (unpaired) electrons. The molecule has 2 rings (SSSR count). The van der Waals surface area contributed by atoms with Crippen LogP contribution in [0.2, 0.25) is 0 Å². The van der Waals surface area contributed by atoms with Crippen LogP contribution in [-0.4, -0.2) is 12.5 Å². The number of aromatic nitrogens is 1. The number of pyridine rings is 1. The smallest absolute Gasteiger partial charge is 0.224 e. The number of halogens is 1. The van der Waals surface area contributed by atoms with E-state index in [1.165, 1.54) is 70.6 Å². The van der Waals surface area contributed by atoms with Gasteiger partial charge in [0.1, 0.15) is 12.8 Å². The normalized spacial score (nSPS) is 10.6. The van der Waals surface area contributed by atoms with Crippen molar-refractivity contribution in [3.8, 4) is 5.75 Å². The van der Waals surface area contributed by atoms with E-state index < -0.39 is 0 Å². The highest BCUT2D eigenvalue weighted by molar-refractivity contribution is 5.91. The number of anilines is 1. The largest absolute Gasteiger partial charge is 1.00 e. The van der Waals surface area contributed by atoms with E-state index in [0.717, 1.165) is 30.0 Å². The number of carbonyl (C=O) groups is 1. The molecule has 1 amide bonds. The zero-order valence-electron chi connectivity index (χ0n) is 21.6. The van der Waals surface area contributed by atoms with Crippen LogP contribution in [0.15, 0.2) is 48.8 Å². The third-order valence-corrected chi connectivity index (χ3v) is 6.14. The first-order valence-electron chi connectivity index (χ1n) is 13.1. The quantitative estimate of drug-likeness (QED) is 0.160. The van der Waals surface area contributed by atoms with Crippen LogP contribution in [0.4, 0.5) is 5.69 Å². The molecular weight excluding hydrogens is 535 g/mol. The van der Waals surface area contributed by atoms with Crippen molar-refractivity contribution in [2.45, 2.75) is 97.4 Å². The number of rotatable bonds is 17. The SMILES string of the molecule is CCCCCCCCCCCCCCOc1ccc(N(Cc2ccc[n+](C)c2)C(C)=O)cc1.[I-]. The van der Waals surface area contributed by atoms with Gasteiger partial charge in [-0.25, -0.2) is 4.57 Å². The van der Waals surface area contributed by atoms with Crippen LogP contribution in [0.3, 0.4) is 0 Å². The molecule has 190 valence electrons. The summed E-state index contributed by atoms with van der Waals surface area (Å²) in [5.41, 5.74) is 1.99. The summed E-state index contributed by atoms with van der Waals surface area (Å²) in [4.78, 5) is 14.0. The maximum absolute atomic E-state index is 12.2. The Kier molecular flexibility index (Phi) is 16.7. The lowest BCUT2D eigenvalue weighted by Gasteiger charge is -2.21. The van der Waals surface area contributed by atoms with Crippen LogP contribution < -0.4 is 38.2 Å². The van der Waals surface area contributed by atoms with Gasteiger partial charge in [-0.05, 0) is 36.8 Å². The molecule has 0 saturated heterocycles. The molecule has 0 aliphatic heterocycles. The Hall–Kier alpha value is -1.63. The molecule has 0 N–H and O–H groups in total. The van der Waals surface area contributed by atoms with Gasteiger partial charge in [-0.1, -0.05) is 77.6 Å². The average Bonchev–Trinajstić information content (AvgIpc) is 2.81. The lowest BCUT2D eigenvalue weighted by Crippen LogP contribution is -3.00. The van der Waals surface area contributed by atoms with Crippen LogP contribution in [0.5, 0.6) is 5.75 Å². The van der Waals surface area contributed by atoms with E-state index in [4.69, 9.17) is 4.74 Å². The number of hydrogen-bond acceptors (Lipinski definition) is 2. The zero-order valence-corrected chi connectivity index (χ0v) is 23.8.